The van der Waals surface area contributed by atoms with Gasteiger partial charge in [0, 0.05) is 6.54 Å². The lowest BCUT2D eigenvalue weighted by Crippen LogP contribution is -2.57. The normalized spacial score (nSPS) is 19.9. The number of methoxy groups -OCH3 is 1. The number of unbranched alkanes of at least 4 members (excludes halogenated alkanes) is 1. The molecule has 7 nitrogen and oxygen atoms in total. The standard InChI is InChI=1S/C33H46N2O5S/c1-9-10-20-41-33(25-18-16-24(17-19-25)23-14-12-11-13-15-23)21-26(29(37)39-8)35(22-33)28(36)27(31(2,3)4)34-30(38)40-32(5,6)7/h11-19,26-27H,9-10,20-22H2,1-8H3,(H,34,38)/t26-,27-,33?/m1/s1. The Bertz CT molecular complexity index is 1190. The first-order chi connectivity index (χ1) is 19.2. The molecule has 1 fully saturated rings. The highest BCUT2D eigenvalue weighted by Gasteiger charge is 2.52. The van der Waals surface area contributed by atoms with Crippen LogP contribution in [0.2, 0.25) is 0 Å². The molecule has 1 heterocycles. The molecule has 1 aliphatic heterocycles. The van der Waals surface area contributed by atoms with Gasteiger partial charge in [0.1, 0.15) is 17.7 Å². The number of carbonyl (C=O) groups is 3. The van der Waals surface area contributed by atoms with Gasteiger partial charge in [0.25, 0.3) is 0 Å². The van der Waals surface area contributed by atoms with Gasteiger partial charge in [-0.1, -0.05) is 88.7 Å². The summed E-state index contributed by atoms with van der Waals surface area (Å²) in [5, 5.41) is 2.80. The zero-order valence-corrected chi connectivity index (χ0v) is 26.6. The van der Waals surface area contributed by atoms with Gasteiger partial charge < -0.3 is 19.7 Å². The van der Waals surface area contributed by atoms with E-state index in [0.29, 0.717) is 13.0 Å². The van der Waals surface area contributed by atoms with Gasteiger partial charge in [-0.25, -0.2) is 9.59 Å². The second-order valence-electron chi connectivity index (χ2n) is 12.8. The average molecular weight is 583 g/mol. The second kappa shape index (κ2) is 13.3. The highest BCUT2D eigenvalue weighted by Crippen LogP contribution is 2.48. The Morgan fingerprint density at radius 1 is 1.00 bits per heavy atom. The van der Waals surface area contributed by atoms with Gasteiger partial charge in [-0.2, -0.15) is 0 Å². The van der Waals surface area contributed by atoms with E-state index in [0.717, 1.165) is 35.3 Å². The van der Waals surface area contributed by atoms with Crippen LogP contribution >= 0.6 is 11.8 Å². The van der Waals surface area contributed by atoms with Gasteiger partial charge >= 0.3 is 12.1 Å². The van der Waals surface area contributed by atoms with Crippen LogP contribution < -0.4 is 5.32 Å². The number of alkyl carbamates (subject to hydrolysis) is 1. The highest BCUT2D eigenvalue weighted by molar-refractivity contribution is 8.00. The molecular weight excluding hydrogens is 536 g/mol. The fourth-order valence-electron chi connectivity index (χ4n) is 5.10. The van der Waals surface area contributed by atoms with Crippen molar-refractivity contribution in [2.75, 3.05) is 19.4 Å². The summed E-state index contributed by atoms with van der Waals surface area (Å²) < 4.78 is 10.2. The zero-order valence-electron chi connectivity index (χ0n) is 25.8. The summed E-state index contributed by atoms with van der Waals surface area (Å²) in [6, 6.07) is 16.9. The molecule has 0 radical (unpaired) electrons. The Hall–Kier alpha value is -3.00. The van der Waals surface area contributed by atoms with Crippen molar-refractivity contribution in [1.82, 2.24) is 10.2 Å². The van der Waals surface area contributed by atoms with Crippen LogP contribution in [-0.4, -0.2) is 60.0 Å². The number of rotatable bonds is 9. The SMILES string of the molecule is CCCCSC1(c2ccc(-c3ccccc3)cc2)C[C@H](C(=O)OC)N(C(=O)[C@@H](NC(=O)OC(C)(C)C)C(C)(C)C)C1. The molecule has 8 heteroatoms. The molecule has 0 saturated carbocycles. The van der Waals surface area contributed by atoms with Crippen LogP contribution in [-0.2, 0) is 23.8 Å². The molecule has 0 spiro atoms. The Kier molecular flexibility index (Phi) is 10.6. The number of ether oxygens (including phenoxy) is 2. The molecule has 41 heavy (non-hydrogen) atoms. The first kappa shape index (κ1) is 32.5. The molecule has 1 unspecified atom stereocenters. The van der Waals surface area contributed by atoms with Gasteiger partial charge in [0.05, 0.1) is 11.9 Å². The minimum atomic E-state index is -0.901. The average Bonchev–Trinajstić information content (AvgIpc) is 3.31. The molecule has 2 aromatic rings. The lowest BCUT2D eigenvalue weighted by Gasteiger charge is -2.36. The third-order valence-corrected chi connectivity index (χ3v) is 8.83. The van der Waals surface area contributed by atoms with Crippen molar-refractivity contribution in [1.29, 1.82) is 0 Å². The number of esters is 1. The van der Waals surface area contributed by atoms with Crippen molar-refractivity contribution in [2.45, 2.75) is 90.2 Å². The third-order valence-electron chi connectivity index (χ3n) is 7.25. The van der Waals surface area contributed by atoms with Gasteiger partial charge in [-0.15, -0.1) is 11.8 Å². The lowest BCUT2D eigenvalue weighted by atomic mass is 9.85. The van der Waals surface area contributed by atoms with Gasteiger partial charge in [-0.05, 0) is 61.5 Å². The number of thioether (sulfide) groups is 1. The number of nitrogens with one attached hydrogen (secondary N) is 1. The lowest BCUT2D eigenvalue weighted by molar-refractivity contribution is -0.152. The minimum absolute atomic E-state index is 0.322. The summed E-state index contributed by atoms with van der Waals surface area (Å²) in [5.74, 6) is 0.117. The van der Waals surface area contributed by atoms with Crippen LogP contribution in [0.4, 0.5) is 4.79 Å². The Morgan fingerprint density at radius 3 is 2.15 bits per heavy atom. The monoisotopic (exact) mass is 582 g/mol. The van der Waals surface area contributed by atoms with E-state index < -0.39 is 39.9 Å². The van der Waals surface area contributed by atoms with E-state index in [1.165, 1.54) is 7.11 Å². The Morgan fingerprint density at radius 2 is 1.61 bits per heavy atom. The van der Waals surface area contributed by atoms with Crippen molar-refractivity contribution >= 4 is 29.7 Å². The summed E-state index contributed by atoms with van der Waals surface area (Å²) in [6.07, 6.45) is 1.83. The van der Waals surface area contributed by atoms with Crippen LogP contribution in [0.15, 0.2) is 54.6 Å². The molecule has 3 atom stereocenters. The van der Waals surface area contributed by atoms with Crippen molar-refractivity contribution in [3.8, 4) is 11.1 Å². The minimum Gasteiger partial charge on any atom is -0.467 e. The first-order valence-electron chi connectivity index (χ1n) is 14.4. The number of hydrogen-bond donors (Lipinski definition) is 1. The van der Waals surface area contributed by atoms with Crippen molar-refractivity contribution in [2.24, 2.45) is 5.41 Å². The maximum Gasteiger partial charge on any atom is 0.408 e. The van der Waals surface area contributed by atoms with Crippen molar-refractivity contribution < 1.29 is 23.9 Å². The number of amides is 2. The predicted molar refractivity (Wildman–Crippen MR) is 166 cm³/mol. The molecular formula is C33H46N2O5S. The number of benzene rings is 2. The topological polar surface area (TPSA) is 84.9 Å². The van der Waals surface area contributed by atoms with E-state index in [-0.39, 0.29) is 5.91 Å². The Balaban J connectivity index is 2.00. The smallest absolute Gasteiger partial charge is 0.408 e. The predicted octanol–water partition coefficient (Wildman–Crippen LogP) is 6.80. The van der Waals surface area contributed by atoms with Gasteiger partial charge in [0.15, 0.2) is 0 Å². The van der Waals surface area contributed by atoms with Gasteiger partial charge in [-0.3, -0.25) is 4.79 Å². The fraction of sp³-hybridized carbons (Fsp3) is 0.545. The quantitative estimate of drug-likeness (QED) is 0.259. The van der Waals surface area contributed by atoms with Crippen LogP contribution in [0, 0.1) is 5.41 Å². The molecule has 0 bridgehead atoms. The maximum absolute atomic E-state index is 14.3. The van der Waals surface area contributed by atoms with E-state index in [2.05, 4.69) is 48.6 Å². The molecule has 2 aromatic carbocycles. The van der Waals surface area contributed by atoms with E-state index in [4.69, 9.17) is 9.47 Å². The fourth-order valence-corrected chi connectivity index (χ4v) is 6.73. The molecule has 2 amide bonds. The molecule has 1 aliphatic rings. The molecule has 224 valence electrons. The summed E-state index contributed by atoms with van der Waals surface area (Å²) in [5.41, 5.74) is 1.95. The van der Waals surface area contributed by atoms with Gasteiger partial charge in [0.2, 0.25) is 5.91 Å². The number of likely N-dealkylation sites (tertiary alicyclic amines) is 1. The summed E-state index contributed by atoms with van der Waals surface area (Å²) in [7, 11) is 1.35. The molecule has 0 aromatic heterocycles. The van der Waals surface area contributed by atoms with E-state index in [1.54, 1.807) is 37.4 Å². The summed E-state index contributed by atoms with van der Waals surface area (Å²) in [6.45, 7) is 13.5. The zero-order chi connectivity index (χ0) is 30.4. The maximum atomic E-state index is 14.3. The van der Waals surface area contributed by atoms with E-state index in [9.17, 15) is 14.4 Å². The molecule has 1 saturated heterocycles. The van der Waals surface area contributed by atoms with Crippen LogP contribution in [0.3, 0.4) is 0 Å². The summed E-state index contributed by atoms with van der Waals surface area (Å²) in [4.78, 5) is 41.8. The highest BCUT2D eigenvalue weighted by atomic mass is 32.2. The second-order valence-corrected chi connectivity index (χ2v) is 14.3. The van der Waals surface area contributed by atoms with Crippen LogP contribution in [0.1, 0.15) is 73.3 Å². The largest absolute Gasteiger partial charge is 0.467 e. The molecule has 1 N–H and O–H groups in total. The number of nitrogens with zero attached hydrogens (tertiary/aromatic N) is 1. The van der Waals surface area contributed by atoms with E-state index in [1.807, 2.05) is 39.0 Å². The van der Waals surface area contributed by atoms with Crippen LogP contribution in [0.25, 0.3) is 11.1 Å². The van der Waals surface area contributed by atoms with Crippen molar-refractivity contribution in [3.63, 3.8) is 0 Å². The Labute approximate surface area is 249 Å². The first-order valence-corrected chi connectivity index (χ1v) is 15.4. The van der Waals surface area contributed by atoms with Crippen LogP contribution in [0.5, 0.6) is 0 Å². The molecule has 0 aliphatic carbocycles. The number of carbonyl (C=O) groups excluding carboxylic acids is 3. The van der Waals surface area contributed by atoms with E-state index >= 15 is 0 Å². The number of hydrogen-bond acceptors (Lipinski definition) is 6. The molecule has 3 rings (SSSR count). The van der Waals surface area contributed by atoms with Crippen molar-refractivity contribution in [3.05, 3.63) is 60.2 Å². The summed E-state index contributed by atoms with van der Waals surface area (Å²) >= 11 is 1.79. The third kappa shape index (κ3) is 8.28.